The first-order chi connectivity index (χ1) is 9.07. The molecule has 0 saturated carbocycles. The maximum atomic E-state index is 9.88. The van der Waals surface area contributed by atoms with Gasteiger partial charge in [-0.3, -0.25) is 0 Å². The molecule has 1 aliphatic rings. The average molecular weight is 271 g/mol. The van der Waals surface area contributed by atoms with E-state index in [4.69, 9.17) is 0 Å². The van der Waals surface area contributed by atoms with Crippen LogP contribution in [0.15, 0.2) is 11.6 Å². The van der Waals surface area contributed by atoms with E-state index in [0.29, 0.717) is 0 Å². The van der Waals surface area contributed by atoms with E-state index in [0.717, 1.165) is 18.5 Å². The largest absolute Gasteiger partial charge is 0.388 e. The Kier molecular flexibility index (Phi) is 7.61. The van der Waals surface area contributed by atoms with Crippen molar-refractivity contribution in [2.45, 2.75) is 76.7 Å². The summed E-state index contributed by atoms with van der Waals surface area (Å²) in [6.45, 7) is 4.82. The number of nitrogens with one attached hydrogen (secondary N) is 1. The fraction of sp³-hybridized carbons (Fsp3) is 0.867. The van der Waals surface area contributed by atoms with Crippen molar-refractivity contribution < 1.29 is 15.3 Å². The van der Waals surface area contributed by atoms with Gasteiger partial charge in [-0.25, -0.2) is 0 Å². The average Bonchev–Trinajstić information content (AvgIpc) is 2.41. The summed E-state index contributed by atoms with van der Waals surface area (Å²) in [7, 11) is 0. The molecule has 0 amide bonds. The number of hydrogen-bond donors (Lipinski definition) is 4. The first kappa shape index (κ1) is 16.6. The molecule has 0 saturated heterocycles. The minimum Gasteiger partial charge on any atom is -0.388 e. The van der Waals surface area contributed by atoms with Crippen molar-refractivity contribution in [3.8, 4) is 0 Å². The van der Waals surface area contributed by atoms with E-state index in [-0.39, 0.29) is 6.04 Å². The van der Waals surface area contributed by atoms with Crippen LogP contribution in [-0.4, -0.2) is 46.2 Å². The molecule has 19 heavy (non-hydrogen) atoms. The third-order valence-corrected chi connectivity index (χ3v) is 3.86. The lowest BCUT2D eigenvalue weighted by atomic mass is 9.89. The Morgan fingerprint density at radius 2 is 1.63 bits per heavy atom. The summed E-state index contributed by atoms with van der Waals surface area (Å²) in [6, 6.07) is -0.256. The van der Waals surface area contributed by atoms with Gasteiger partial charge in [0, 0.05) is 0 Å². The molecule has 0 aromatic carbocycles. The van der Waals surface area contributed by atoms with Gasteiger partial charge in [0.1, 0.15) is 18.3 Å². The van der Waals surface area contributed by atoms with Crippen LogP contribution in [-0.2, 0) is 0 Å². The summed E-state index contributed by atoms with van der Waals surface area (Å²) in [5.74, 6) is 0. The van der Waals surface area contributed by atoms with Gasteiger partial charge in [0.2, 0.25) is 0 Å². The van der Waals surface area contributed by atoms with Gasteiger partial charge in [0.25, 0.3) is 0 Å². The molecule has 0 fully saturated rings. The van der Waals surface area contributed by atoms with Crippen molar-refractivity contribution in [2.24, 2.45) is 0 Å². The molecule has 4 nitrogen and oxygen atoms in total. The Morgan fingerprint density at radius 3 is 2.32 bits per heavy atom. The smallest absolute Gasteiger partial charge is 0.111 e. The second kappa shape index (κ2) is 8.69. The number of hydrogen-bond acceptors (Lipinski definition) is 4. The number of unbranched alkanes of at least 4 members (excludes halogenated alkanes) is 5. The lowest BCUT2D eigenvalue weighted by Gasteiger charge is -2.34. The Bertz CT molecular complexity index is 281. The molecule has 112 valence electrons. The van der Waals surface area contributed by atoms with E-state index in [1.54, 1.807) is 6.92 Å². The van der Waals surface area contributed by atoms with Crippen LogP contribution < -0.4 is 5.32 Å². The van der Waals surface area contributed by atoms with Crippen LogP contribution in [0, 0.1) is 0 Å². The Labute approximate surface area is 116 Å². The topological polar surface area (TPSA) is 72.7 Å². The normalized spacial score (nSPS) is 31.3. The molecular formula is C15H29NO3. The predicted molar refractivity (Wildman–Crippen MR) is 76.9 cm³/mol. The number of aliphatic hydroxyl groups excluding tert-OH is 3. The predicted octanol–water partition coefficient (Wildman–Crippen LogP) is 1.35. The minimum atomic E-state index is -1.09. The summed E-state index contributed by atoms with van der Waals surface area (Å²) >= 11 is 0. The second-order valence-corrected chi connectivity index (χ2v) is 5.58. The Hall–Kier alpha value is -0.420. The van der Waals surface area contributed by atoms with Crippen molar-refractivity contribution in [1.29, 1.82) is 0 Å². The third-order valence-electron chi connectivity index (χ3n) is 3.86. The first-order valence-corrected chi connectivity index (χ1v) is 7.53. The van der Waals surface area contributed by atoms with E-state index in [1.165, 1.54) is 32.1 Å². The molecule has 0 radical (unpaired) electrons. The van der Waals surface area contributed by atoms with Crippen LogP contribution >= 0.6 is 0 Å². The summed E-state index contributed by atoms with van der Waals surface area (Å²) in [4.78, 5) is 0. The molecule has 0 aromatic rings. The van der Waals surface area contributed by atoms with Crippen LogP contribution in [0.2, 0.25) is 0 Å². The fourth-order valence-electron chi connectivity index (χ4n) is 2.50. The summed E-state index contributed by atoms with van der Waals surface area (Å²) in [5, 5.41) is 32.5. The Balaban J connectivity index is 2.22. The highest BCUT2D eigenvalue weighted by Gasteiger charge is 2.35. The van der Waals surface area contributed by atoms with Gasteiger partial charge in [0.05, 0.1) is 6.04 Å². The van der Waals surface area contributed by atoms with Gasteiger partial charge in [-0.1, -0.05) is 45.1 Å². The first-order valence-electron chi connectivity index (χ1n) is 7.53. The van der Waals surface area contributed by atoms with Gasteiger partial charge in [0.15, 0.2) is 0 Å². The van der Waals surface area contributed by atoms with Gasteiger partial charge < -0.3 is 20.6 Å². The van der Waals surface area contributed by atoms with E-state index >= 15 is 0 Å². The highest BCUT2D eigenvalue weighted by molar-refractivity contribution is 5.19. The molecule has 0 heterocycles. The monoisotopic (exact) mass is 271 g/mol. The zero-order valence-corrected chi connectivity index (χ0v) is 12.2. The molecule has 0 aliphatic heterocycles. The molecule has 4 atom stereocenters. The second-order valence-electron chi connectivity index (χ2n) is 5.58. The number of aliphatic hydroxyl groups is 3. The SMILES string of the molecule is CCCCCCCCN[C@@H]1C=C(C)[C@H](O)[C@H](O)[C@H]1O. The van der Waals surface area contributed by atoms with Crippen LogP contribution in [0.1, 0.15) is 52.4 Å². The van der Waals surface area contributed by atoms with Gasteiger partial charge in [-0.2, -0.15) is 0 Å². The van der Waals surface area contributed by atoms with Crippen molar-refractivity contribution in [1.82, 2.24) is 5.32 Å². The van der Waals surface area contributed by atoms with Crippen molar-refractivity contribution >= 4 is 0 Å². The van der Waals surface area contributed by atoms with E-state index < -0.39 is 18.3 Å². The quantitative estimate of drug-likeness (QED) is 0.397. The highest BCUT2D eigenvalue weighted by Crippen LogP contribution is 2.19. The minimum absolute atomic E-state index is 0.256. The summed E-state index contributed by atoms with van der Waals surface area (Å²) in [5.41, 5.74) is 0.721. The van der Waals surface area contributed by atoms with Crippen LogP contribution in [0.3, 0.4) is 0 Å². The van der Waals surface area contributed by atoms with Crippen molar-refractivity contribution in [2.75, 3.05) is 6.54 Å². The van der Waals surface area contributed by atoms with Gasteiger partial charge in [-0.15, -0.1) is 0 Å². The molecular weight excluding hydrogens is 242 g/mol. The molecule has 4 N–H and O–H groups in total. The van der Waals surface area contributed by atoms with Crippen LogP contribution in [0.5, 0.6) is 0 Å². The van der Waals surface area contributed by atoms with Gasteiger partial charge >= 0.3 is 0 Å². The summed E-state index contributed by atoms with van der Waals surface area (Å²) < 4.78 is 0. The molecule has 1 aliphatic carbocycles. The van der Waals surface area contributed by atoms with Crippen LogP contribution in [0.4, 0.5) is 0 Å². The van der Waals surface area contributed by atoms with Gasteiger partial charge in [-0.05, 0) is 25.5 Å². The van der Waals surface area contributed by atoms with E-state index in [9.17, 15) is 15.3 Å². The highest BCUT2D eigenvalue weighted by atomic mass is 16.4. The standard InChI is InChI=1S/C15H29NO3/c1-3-4-5-6-7-8-9-16-12-10-11(2)13(17)15(19)14(12)18/h10,12-19H,3-9H2,1-2H3/t12-,13+,14+,15+/m1/s1. The molecule has 4 heteroatoms. The molecule has 0 unspecified atom stereocenters. The molecule has 0 spiro atoms. The van der Waals surface area contributed by atoms with E-state index in [1.807, 2.05) is 6.08 Å². The molecule has 0 bridgehead atoms. The number of rotatable bonds is 8. The maximum Gasteiger partial charge on any atom is 0.111 e. The fourth-order valence-corrected chi connectivity index (χ4v) is 2.50. The van der Waals surface area contributed by atoms with Crippen LogP contribution in [0.25, 0.3) is 0 Å². The molecule has 0 aromatic heterocycles. The maximum absolute atomic E-state index is 9.88. The Morgan fingerprint density at radius 1 is 1.00 bits per heavy atom. The lowest BCUT2D eigenvalue weighted by molar-refractivity contribution is -0.0611. The van der Waals surface area contributed by atoms with Crippen molar-refractivity contribution in [3.63, 3.8) is 0 Å². The zero-order chi connectivity index (χ0) is 14.3. The lowest BCUT2D eigenvalue weighted by Crippen LogP contribution is -2.53. The van der Waals surface area contributed by atoms with Crippen molar-refractivity contribution in [3.05, 3.63) is 11.6 Å². The zero-order valence-electron chi connectivity index (χ0n) is 12.2. The third kappa shape index (κ3) is 5.22. The summed E-state index contributed by atoms with van der Waals surface area (Å²) in [6.07, 6.45) is 6.26. The van der Waals surface area contributed by atoms with E-state index in [2.05, 4.69) is 12.2 Å². The molecule has 1 rings (SSSR count).